The molecule has 0 bridgehead atoms. The molecule has 1 atom stereocenters. The summed E-state index contributed by atoms with van der Waals surface area (Å²) in [5.41, 5.74) is 9.04. The number of aromatic nitrogens is 3. The summed E-state index contributed by atoms with van der Waals surface area (Å²) in [7, 11) is 0. The van der Waals surface area contributed by atoms with Crippen LogP contribution in [0.1, 0.15) is 17.2 Å². The van der Waals surface area contributed by atoms with E-state index in [1.165, 1.54) is 0 Å². The second-order valence-electron chi connectivity index (χ2n) is 5.17. The van der Waals surface area contributed by atoms with E-state index in [0.29, 0.717) is 5.95 Å². The first-order chi connectivity index (χ1) is 10.8. The normalized spacial score (nSPS) is 16.5. The molecule has 3 N–H and O–H groups in total. The molecule has 3 aromatic rings. The number of nitrogens with one attached hydrogen (secondary N) is 1. The van der Waals surface area contributed by atoms with Gasteiger partial charge >= 0.3 is 0 Å². The summed E-state index contributed by atoms with van der Waals surface area (Å²) < 4.78 is 1.82. The van der Waals surface area contributed by atoms with E-state index in [2.05, 4.69) is 45.7 Å². The van der Waals surface area contributed by atoms with E-state index in [1.54, 1.807) is 0 Å². The average Bonchev–Trinajstić information content (AvgIpc) is 2.95. The Morgan fingerprint density at radius 3 is 2.36 bits per heavy atom. The maximum atomic E-state index is 5.78. The fourth-order valence-corrected chi connectivity index (χ4v) is 2.68. The summed E-state index contributed by atoms with van der Waals surface area (Å²) in [4.78, 5) is 4.28. The van der Waals surface area contributed by atoms with Crippen molar-refractivity contribution >= 4 is 17.6 Å². The van der Waals surface area contributed by atoms with Crippen LogP contribution in [0.5, 0.6) is 0 Å². The molecule has 0 radical (unpaired) electrons. The topological polar surface area (TPSA) is 68.8 Å². The monoisotopic (exact) mass is 289 g/mol. The lowest BCUT2D eigenvalue weighted by Gasteiger charge is -2.24. The van der Waals surface area contributed by atoms with Crippen LogP contribution in [0.15, 0.2) is 66.7 Å². The second-order valence-corrected chi connectivity index (χ2v) is 5.17. The van der Waals surface area contributed by atoms with Crippen molar-refractivity contribution in [2.45, 2.75) is 6.04 Å². The van der Waals surface area contributed by atoms with Crippen LogP contribution in [-0.2, 0) is 0 Å². The number of nitrogens with two attached hydrogens (primary N) is 1. The molecular formula is C17H15N5. The van der Waals surface area contributed by atoms with Gasteiger partial charge in [-0.05, 0) is 17.2 Å². The Kier molecular flexibility index (Phi) is 2.89. The van der Waals surface area contributed by atoms with Crippen LogP contribution in [0.25, 0.3) is 5.70 Å². The summed E-state index contributed by atoms with van der Waals surface area (Å²) >= 11 is 0. The van der Waals surface area contributed by atoms with Gasteiger partial charge in [-0.3, -0.25) is 0 Å². The van der Waals surface area contributed by atoms with E-state index >= 15 is 0 Å². The quantitative estimate of drug-likeness (QED) is 0.761. The lowest BCUT2D eigenvalue weighted by molar-refractivity contribution is 0.614. The summed E-state index contributed by atoms with van der Waals surface area (Å²) in [6.07, 6.45) is 2.14. The molecular weight excluding hydrogens is 274 g/mol. The van der Waals surface area contributed by atoms with E-state index in [1.807, 2.05) is 41.1 Å². The summed E-state index contributed by atoms with van der Waals surface area (Å²) in [6, 6.07) is 20.3. The smallest absolute Gasteiger partial charge is 0.241 e. The SMILES string of the molecule is Nc1nc2n(n1)[C@@H](c1ccccc1)C=C(c1ccccc1)N2. The summed E-state index contributed by atoms with van der Waals surface area (Å²) in [5, 5.41) is 7.62. The predicted molar refractivity (Wildman–Crippen MR) is 87.1 cm³/mol. The molecule has 0 saturated carbocycles. The van der Waals surface area contributed by atoms with Crippen LogP contribution < -0.4 is 11.1 Å². The van der Waals surface area contributed by atoms with Crippen molar-refractivity contribution in [1.29, 1.82) is 0 Å². The van der Waals surface area contributed by atoms with Crippen molar-refractivity contribution in [3.63, 3.8) is 0 Å². The molecule has 2 heterocycles. The zero-order valence-electron chi connectivity index (χ0n) is 11.8. The van der Waals surface area contributed by atoms with Gasteiger partial charge in [0.1, 0.15) is 6.04 Å². The Balaban J connectivity index is 1.85. The molecule has 108 valence electrons. The Morgan fingerprint density at radius 1 is 0.955 bits per heavy atom. The van der Waals surface area contributed by atoms with Crippen molar-refractivity contribution in [3.8, 4) is 0 Å². The van der Waals surface area contributed by atoms with Gasteiger partial charge in [-0.2, -0.15) is 4.98 Å². The molecule has 22 heavy (non-hydrogen) atoms. The number of hydrogen-bond donors (Lipinski definition) is 2. The maximum absolute atomic E-state index is 5.78. The predicted octanol–water partition coefficient (Wildman–Crippen LogP) is 2.92. The van der Waals surface area contributed by atoms with Crippen molar-refractivity contribution in [2.24, 2.45) is 0 Å². The van der Waals surface area contributed by atoms with Gasteiger partial charge in [0.15, 0.2) is 0 Å². The van der Waals surface area contributed by atoms with Gasteiger partial charge in [0.25, 0.3) is 0 Å². The highest BCUT2D eigenvalue weighted by atomic mass is 15.4. The number of hydrogen-bond acceptors (Lipinski definition) is 4. The Hall–Kier alpha value is -3.08. The van der Waals surface area contributed by atoms with E-state index in [0.717, 1.165) is 16.8 Å². The summed E-state index contributed by atoms with van der Waals surface area (Å²) in [6.45, 7) is 0. The first-order valence-electron chi connectivity index (χ1n) is 7.12. The largest absolute Gasteiger partial charge is 0.366 e. The van der Waals surface area contributed by atoms with Crippen LogP contribution in [0, 0.1) is 0 Å². The van der Waals surface area contributed by atoms with Gasteiger partial charge < -0.3 is 11.1 Å². The van der Waals surface area contributed by atoms with E-state index < -0.39 is 0 Å². The summed E-state index contributed by atoms with van der Waals surface area (Å²) in [5.74, 6) is 0.929. The minimum Gasteiger partial charge on any atom is -0.366 e. The molecule has 5 heteroatoms. The number of nitrogens with zero attached hydrogens (tertiary/aromatic N) is 3. The van der Waals surface area contributed by atoms with Gasteiger partial charge in [0.2, 0.25) is 11.9 Å². The van der Waals surface area contributed by atoms with Crippen LogP contribution >= 0.6 is 0 Å². The molecule has 2 aromatic carbocycles. The zero-order chi connectivity index (χ0) is 14.9. The highest BCUT2D eigenvalue weighted by molar-refractivity contribution is 5.77. The van der Waals surface area contributed by atoms with Crippen molar-refractivity contribution in [2.75, 3.05) is 11.1 Å². The molecule has 0 aliphatic carbocycles. The lowest BCUT2D eigenvalue weighted by Crippen LogP contribution is -2.20. The number of allylic oxidation sites excluding steroid dienone is 1. The fourth-order valence-electron chi connectivity index (χ4n) is 2.68. The molecule has 1 aliphatic heterocycles. The third kappa shape index (κ3) is 2.13. The third-order valence-corrected chi connectivity index (χ3v) is 3.71. The number of benzene rings is 2. The molecule has 0 fully saturated rings. The minimum absolute atomic E-state index is 0.0301. The standard InChI is InChI=1S/C17H15N5/c18-16-20-17-19-14(12-7-3-1-4-8-12)11-15(22(17)21-16)13-9-5-2-6-10-13/h1-11,15H,(H3,18,19,20,21)/t15-/m1/s1. The van der Waals surface area contributed by atoms with Gasteiger partial charge in [-0.15, -0.1) is 5.10 Å². The van der Waals surface area contributed by atoms with E-state index in [4.69, 9.17) is 5.73 Å². The zero-order valence-corrected chi connectivity index (χ0v) is 11.8. The van der Waals surface area contributed by atoms with Gasteiger partial charge in [-0.1, -0.05) is 60.7 Å². The number of anilines is 2. The highest BCUT2D eigenvalue weighted by Gasteiger charge is 2.24. The van der Waals surface area contributed by atoms with Crippen molar-refractivity contribution in [1.82, 2.24) is 14.8 Å². The molecule has 0 amide bonds. The lowest BCUT2D eigenvalue weighted by atomic mass is 10.0. The molecule has 1 aliphatic rings. The van der Waals surface area contributed by atoms with E-state index in [9.17, 15) is 0 Å². The molecule has 0 spiro atoms. The van der Waals surface area contributed by atoms with Crippen LogP contribution in [-0.4, -0.2) is 14.8 Å². The number of nitrogen functional groups attached to an aromatic ring is 1. The first-order valence-corrected chi connectivity index (χ1v) is 7.12. The van der Waals surface area contributed by atoms with Crippen LogP contribution in [0.3, 0.4) is 0 Å². The Labute approximate surface area is 128 Å². The molecule has 0 saturated heterocycles. The number of fused-ring (bicyclic) bond motifs is 1. The maximum Gasteiger partial charge on any atom is 0.241 e. The molecule has 1 aromatic heterocycles. The van der Waals surface area contributed by atoms with Crippen LogP contribution in [0.4, 0.5) is 11.9 Å². The Bertz CT molecular complexity index is 821. The molecule has 5 nitrogen and oxygen atoms in total. The fraction of sp³-hybridized carbons (Fsp3) is 0.0588. The highest BCUT2D eigenvalue weighted by Crippen LogP contribution is 2.32. The third-order valence-electron chi connectivity index (χ3n) is 3.71. The van der Waals surface area contributed by atoms with Gasteiger partial charge in [0.05, 0.1) is 0 Å². The molecule has 4 rings (SSSR count). The van der Waals surface area contributed by atoms with Crippen molar-refractivity contribution < 1.29 is 0 Å². The average molecular weight is 289 g/mol. The minimum atomic E-state index is -0.0301. The van der Waals surface area contributed by atoms with Crippen molar-refractivity contribution in [3.05, 3.63) is 77.9 Å². The van der Waals surface area contributed by atoms with Gasteiger partial charge in [0, 0.05) is 5.70 Å². The number of rotatable bonds is 2. The second kappa shape index (κ2) is 5.04. The van der Waals surface area contributed by atoms with Gasteiger partial charge in [-0.25, -0.2) is 4.68 Å². The van der Waals surface area contributed by atoms with E-state index in [-0.39, 0.29) is 12.0 Å². The molecule has 0 unspecified atom stereocenters. The van der Waals surface area contributed by atoms with Crippen LogP contribution in [0.2, 0.25) is 0 Å². The first kappa shape index (κ1) is 12.6. The Morgan fingerprint density at radius 2 is 1.64 bits per heavy atom.